The van der Waals surface area contributed by atoms with Crippen LogP contribution in [0.5, 0.6) is 0 Å². The van der Waals surface area contributed by atoms with Gasteiger partial charge in [0.05, 0.1) is 0 Å². The number of fused-ring (bicyclic) bond motifs is 1. The normalized spacial score (nSPS) is 13.3. The highest BCUT2D eigenvalue weighted by atomic mass is 14.9. The second-order valence-electron chi connectivity index (χ2n) is 8.37. The molecular formula is C27H28N2. The van der Waals surface area contributed by atoms with Gasteiger partial charge in [0, 0.05) is 36.3 Å². The zero-order chi connectivity index (χ0) is 20.3. The van der Waals surface area contributed by atoms with Crippen molar-refractivity contribution in [3.05, 3.63) is 108 Å². The van der Waals surface area contributed by atoms with E-state index >= 15 is 0 Å². The summed E-state index contributed by atoms with van der Waals surface area (Å²) in [5, 5.41) is 10.0. The van der Waals surface area contributed by atoms with E-state index in [2.05, 4.69) is 104 Å². The number of benzene rings is 3. The lowest BCUT2D eigenvalue weighted by Crippen LogP contribution is -2.29. The third-order valence-corrected chi connectivity index (χ3v) is 5.88. The topological polar surface area (TPSA) is 28.8 Å². The van der Waals surface area contributed by atoms with Crippen molar-refractivity contribution < 1.29 is 0 Å². The van der Waals surface area contributed by atoms with Crippen molar-refractivity contribution >= 4 is 16.6 Å². The van der Waals surface area contributed by atoms with Crippen molar-refractivity contribution in [2.45, 2.75) is 31.6 Å². The molecule has 2 nitrogen and oxygen atoms in total. The smallest absolute Gasteiger partial charge is 0.0477 e. The number of aromatic nitrogens is 1. The van der Waals surface area contributed by atoms with E-state index < -0.39 is 0 Å². The summed E-state index contributed by atoms with van der Waals surface area (Å²) in [4.78, 5) is 0. The molecule has 0 aliphatic heterocycles. The quantitative estimate of drug-likeness (QED) is 0.363. The summed E-state index contributed by atoms with van der Waals surface area (Å²) in [6.07, 6.45) is 4.48. The van der Waals surface area contributed by atoms with Crippen LogP contribution in [0.2, 0.25) is 0 Å². The molecule has 0 radical (unpaired) electrons. The highest BCUT2D eigenvalue weighted by Crippen LogP contribution is 2.34. The second kappa shape index (κ2) is 8.08. The molecule has 146 valence electrons. The Morgan fingerprint density at radius 2 is 1.52 bits per heavy atom. The Kier molecular flexibility index (Phi) is 5.35. The standard InChI is InChI=1S/C27H28N2/c1-27(19-22-11-7-4-8-12-22,20-25(28)17-21-9-5-3-6-10-21)24-13-14-26-23(18-24)15-16-29(26)2/h3-16,18,28H,17,19-20H2,1-2H3. The van der Waals surface area contributed by atoms with Crippen molar-refractivity contribution in [2.24, 2.45) is 7.05 Å². The molecule has 4 rings (SSSR count). The maximum Gasteiger partial charge on any atom is 0.0477 e. The van der Waals surface area contributed by atoms with Gasteiger partial charge in [-0.2, -0.15) is 0 Å². The van der Waals surface area contributed by atoms with Crippen LogP contribution in [0.15, 0.2) is 91.1 Å². The van der Waals surface area contributed by atoms with E-state index in [1.54, 1.807) is 0 Å². The number of nitrogens with zero attached hydrogens (tertiary/aromatic N) is 1. The molecule has 3 aromatic carbocycles. The molecular weight excluding hydrogens is 352 g/mol. The fourth-order valence-corrected chi connectivity index (χ4v) is 4.35. The first-order chi connectivity index (χ1) is 14.0. The first-order valence-corrected chi connectivity index (χ1v) is 10.2. The van der Waals surface area contributed by atoms with Crippen molar-refractivity contribution in [1.82, 2.24) is 4.57 Å². The van der Waals surface area contributed by atoms with Gasteiger partial charge in [0.1, 0.15) is 0 Å². The summed E-state index contributed by atoms with van der Waals surface area (Å²) >= 11 is 0. The fourth-order valence-electron chi connectivity index (χ4n) is 4.35. The third kappa shape index (κ3) is 4.32. The summed E-state index contributed by atoms with van der Waals surface area (Å²) < 4.78 is 2.16. The summed E-state index contributed by atoms with van der Waals surface area (Å²) in [7, 11) is 2.08. The zero-order valence-corrected chi connectivity index (χ0v) is 17.2. The minimum absolute atomic E-state index is 0.128. The van der Waals surface area contributed by atoms with Gasteiger partial charge in [-0.05, 0) is 53.1 Å². The highest BCUT2D eigenvalue weighted by molar-refractivity contribution is 5.86. The van der Waals surface area contributed by atoms with Crippen molar-refractivity contribution in [1.29, 1.82) is 5.41 Å². The number of rotatable bonds is 7. The zero-order valence-electron chi connectivity index (χ0n) is 17.2. The first-order valence-electron chi connectivity index (χ1n) is 10.2. The van der Waals surface area contributed by atoms with Crippen LogP contribution in [0.25, 0.3) is 10.9 Å². The van der Waals surface area contributed by atoms with Crippen LogP contribution in [-0.2, 0) is 25.3 Å². The fraction of sp³-hybridized carbons (Fsp3) is 0.222. The molecule has 1 heterocycles. The molecule has 1 unspecified atom stereocenters. The molecule has 1 N–H and O–H groups in total. The minimum Gasteiger partial charge on any atom is -0.351 e. The first kappa shape index (κ1) is 19.2. The molecule has 0 saturated heterocycles. The molecule has 0 saturated carbocycles. The molecule has 4 aromatic rings. The second-order valence-corrected chi connectivity index (χ2v) is 8.37. The van der Waals surface area contributed by atoms with Crippen LogP contribution in [0, 0.1) is 5.41 Å². The summed E-state index contributed by atoms with van der Waals surface area (Å²) in [5.41, 5.74) is 5.72. The molecule has 1 atom stereocenters. The Hall–Kier alpha value is -3.13. The molecule has 1 aromatic heterocycles. The maximum atomic E-state index is 8.76. The van der Waals surface area contributed by atoms with Gasteiger partial charge >= 0.3 is 0 Å². The van der Waals surface area contributed by atoms with Gasteiger partial charge in [-0.15, -0.1) is 0 Å². The van der Waals surface area contributed by atoms with Gasteiger partial charge in [-0.25, -0.2) is 0 Å². The molecule has 0 bridgehead atoms. The molecule has 0 aliphatic carbocycles. The van der Waals surface area contributed by atoms with Gasteiger partial charge in [0.2, 0.25) is 0 Å². The predicted octanol–water partition coefficient (Wildman–Crippen LogP) is 6.33. The Morgan fingerprint density at radius 3 is 2.21 bits per heavy atom. The highest BCUT2D eigenvalue weighted by Gasteiger charge is 2.29. The third-order valence-electron chi connectivity index (χ3n) is 5.88. The van der Waals surface area contributed by atoms with Crippen LogP contribution in [0.1, 0.15) is 30.0 Å². The molecule has 0 aliphatic rings. The monoisotopic (exact) mass is 380 g/mol. The number of hydrogen-bond acceptors (Lipinski definition) is 1. The number of aryl methyl sites for hydroxylation is 1. The average Bonchev–Trinajstić information content (AvgIpc) is 3.09. The van der Waals surface area contributed by atoms with E-state index in [4.69, 9.17) is 5.41 Å². The maximum absolute atomic E-state index is 8.76. The lowest BCUT2D eigenvalue weighted by molar-refractivity contribution is 0.485. The van der Waals surface area contributed by atoms with Crippen LogP contribution < -0.4 is 0 Å². The van der Waals surface area contributed by atoms with Crippen LogP contribution in [0.3, 0.4) is 0 Å². The van der Waals surface area contributed by atoms with Crippen LogP contribution in [0.4, 0.5) is 0 Å². The van der Waals surface area contributed by atoms with E-state index in [-0.39, 0.29) is 5.41 Å². The van der Waals surface area contributed by atoms with Crippen molar-refractivity contribution in [2.75, 3.05) is 0 Å². The summed E-state index contributed by atoms with van der Waals surface area (Å²) in [6, 6.07) is 30.0. The van der Waals surface area contributed by atoms with Gasteiger partial charge in [-0.1, -0.05) is 73.7 Å². The predicted molar refractivity (Wildman–Crippen MR) is 123 cm³/mol. The molecule has 0 fully saturated rings. The SMILES string of the molecule is Cn1ccc2cc(C(C)(CC(=N)Cc3ccccc3)Cc3ccccc3)ccc21. The van der Waals surface area contributed by atoms with Crippen molar-refractivity contribution in [3.8, 4) is 0 Å². The Labute approximate surface area is 173 Å². The van der Waals surface area contributed by atoms with Crippen molar-refractivity contribution in [3.63, 3.8) is 0 Å². The lowest BCUT2D eigenvalue weighted by Gasteiger charge is -2.31. The van der Waals surface area contributed by atoms with Gasteiger partial charge in [0.15, 0.2) is 0 Å². The summed E-state index contributed by atoms with van der Waals surface area (Å²) in [5.74, 6) is 0. The van der Waals surface area contributed by atoms with E-state index in [1.165, 1.54) is 27.6 Å². The lowest BCUT2D eigenvalue weighted by atomic mass is 9.73. The molecule has 2 heteroatoms. The summed E-state index contributed by atoms with van der Waals surface area (Å²) in [6.45, 7) is 2.31. The molecule has 0 spiro atoms. The Morgan fingerprint density at radius 1 is 0.862 bits per heavy atom. The molecule has 0 amide bonds. The Balaban J connectivity index is 1.66. The average molecular weight is 381 g/mol. The van der Waals surface area contributed by atoms with E-state index in [0.717, 1.165) is 18.6 Å². The van der Waals surface area contributed by atoms with Gasteiger partial charge < -0.3 is 9.98 Å². The number of hydrogen-bond donors (Lipinski definition) is 1. The minimum atomic E-state index is -0.128. The largest absolute Gasteiger partial charge is 0.351 e. The number of nitrogens with one attached hydrogen (secondary N) is 1. The van der Waals surface area contributed by atoms with E-state index in [1.807, 2.05) is 6.07 Å². The molecule has 29 heavy (non-hydrogen) atoms. The van der Waals surface area contributed by atoms with Gasteiger partial charge in [-0.3, -0.25) is 0 Å². The van der Waals surface area contributed by atoms with Crippen LogP contribution in [-0.4, -0.2) is 10.3 Å². The van der Waals surface area contributed by atoms with E-state index in [9.17, 15) is 0 Å². The Bertz CT molecular complexity index is 1110. The van der Waals surface area contributed by atoms with E-state index in [0.29, 0.717) is 6.42 Å². The van der Waals surface area contributed by atoms with Crippen LogP contribution >= 0.6 is 0 Å². The van der Waals surface area contributed by atoms with Gasteiger partial charge in [0.25, 0.3) is 0 Å².